The Bertz CT molecular complexity index is 1670. The maximum Gasteiger partial charge on any atom is 3.00 e. The second-order valence-corrected chi connectivity index (χ2v) is 17.8. The minimum absolute atomic E-state index is 0. The van der Waals surface area contributed by atoms with Gasteiger partial charge in [-0.2, -0.15) is 0 Å². The van der Waals surface area contributed by atoms with Crippen LogP contribution in [0, 0.1) is 62.3 Å². The summed E-state index contributed by atoms with van der Waals surface area (Å²) in [6, 6.07) is 10.8. The molecule has 0 radical (unpaired) electrons. The Balaban J connectivity index is 0.00000482. The van der Waals surface area contributed by atoms with Crippen LogP contribution >= 0.6 is 23.2 Å². The first-order valence-corrected chi connectivity index (χ1v) is 20.9. The second-order valence-electron chi connectivity index (χ2n) is 12.1. The van der Waals surface area contributed by atoms with Gasteiger partial charge in [-0.1, -0.05) is 53.1 Å². The van der Waals surface area contributed by atoms with Crippen molar-refractivity contribution < 1.29 is 47.5 Å². The van der Waals surface area contributed by atoms with Crippen LogP contribution in [0.3, 0.4) is 0 Å². The van der Waals surface area contributed by atoms with E-state index in [1.165, 1.54) is 0 Å². The molecule has 3 N–H and O–H groups in total. The largest absolute Gasteiger partial charge is 3.00 e. The molecular formula is C34H50Cl2CoN4O7S3+. The van der Waals surface area contributed by atoms with Crippen LogP contribution in [0.15, 0.2) is 51.1 Å². The Kier molecular flexibility index (Phi) is 20.7. The third-order valence-corrected chi connectivity index (χ3v) is 12.7. The van der Waals surface area contributed by atoms with E-state index in [-0.39, 0.29) is 81.5 Å². The zero-order valence-electron chi connectivity index (χ0n) is 30.5. The Morgan fingerprint density at radius 3 is 0.824 bits per heavy atom. The van der Waals surface area contributed by atoms with E-state index in [0.717, 1.165) is 16.7 Å². The minimum Gasteiger partial charge on any atom is -0.544 e. The summed E-state index contributed by atoms with van der Waals surface area (Å²) in [7, 11) is -11.9. The third-order valence-electron chi connectivity index (χ3n) is 7.62. The van der Waals surface area contributed by atoms with Crippen molar-refractivity contribution in [2.24, 2.45) is 0 Å². The standard InChI is InChI=1S/C33H45N4O6S3.CH2Cl2.Co.H2O/c1-22-16-25(4)31(26(5)17-22)44(38,39)34-10-13-37(14-11-35-45(40,41)32-27(6)18-23(2)19-28(32)7)15-12-36-46(42,43)33-29(8)20-24(3)21-30(33)9;2-1-3;;/h16-21H,10-15H2,1-9H3;1H2;;1H2/q-3;;+3;/p+1. The minimum atomic E-state index is -3.96. The summed E-state index contributed by atoms with van der Waals surface area (Å²) in [5.41, 5.74) is 6.48. The molecular weight excluding hydrogens is 802 g/mol. The van der Waals surface area contributed by atoms with Gasteiger partial charge in [0.15, 0.2) is 0 Å². The fraction of sp³-hybridized carbons (Fsp3) is 0.471. The van der Waals surface area contributed by atoms with Crippen LogP contribution in [0.4, 0.5) is 0 Å². The van der Waals surface area contributed by atoms with Crippen LogP contribution in [0.1, 0.15) is 50.1 Å². The van der Waals surface area contributed by atoms with Crippen LogP contribution in [0.5, 0.6) is 0 Å². The molecule has 0 aliphatic heterocycles. The van der Waals surface area contributed by atoms with Gasteiger partial charge in [0.1, 0.15) is 30.1 Å². The maximum absolute atomic E-state index is 13.2. The van der Waals surface area contributed by atoms with Gasteiger partial charge in [-0.15, -0.1) is 42.8 Å². The number of alkyl halides is 2. The Labute approximate surface area is 325 Å². The van der Waals surface area contributed by atoms with E-state index in [4.69, 9.17) is 23.2 Å². The van der Waals surface area contributed by atoms with Gasteiger partial charge in [0, 0.05) is 0 Å². The van der Waals surface area contributed by atoms with Gasteiger partial charge >= 0.3 is 16.8 Å². The van der Waals surface area contributed by atoms with E-state index in [0.29, 0.717) is 33.4 Å². The molecule has 0 fully saturated rings. The van der Waals surface area contributed by atoms with Gasteiger partial charge in [-0.25, -0.2) is 25.3 Å². The molecule has 0 atom stereocenters. The predicted molar refractivity (Wildman–Crippen MR) is 206 cm³/mol. The van der Waals surface area contributed by atoms with Gasteiger partial charge in [-0.05, 0) is 115 Å². The van der Waals surface area contributed by atoms with E-state index < -0.39 is 30.1 Å². The molecule has 0 unspecified atom stereocenters. The normalized spacial score (nSPS) is 11.8. The first-order chi connectivity index (χ1) is 22.7. The molecule has 17 heteroatoms. The first kappa shape index (κ1) is 49.4. The monoisotopic (exact) mass is 851 g/mol. The van der Waals surface area contributed by atoms with Gasteiger partial charge in [0.05, 0.1) is 20.0 Å². The number of halogens is 2. The number of benzene rings is 3. The summed E-state index contributed by atoms with van der Waals surface area (Å²) in [5, 5.41) is 0.194. The van der Waals surface area contributed by atoms with Gasteiger partial charge in [0.25, 0.3) is 0 Å². The summed E-state index contributed by atoms with van der Waals surface area (Å²) >= 11 is 9.53. The Morgan fingerprint density at radius 2 is 0.647 bits per heavy atom. The molecule has 3 aromatic rings. The Morgan fingerprint density at radius 1 is 0.471 bits per heavy atom. The molecule has 11 nitrogen and oxygen atoms in total. The van der Waals surface area contributed by atoms with Crippen molar-refractivity contribution in [3.05, 3.63) is 101 Å². The molecule has 0 aliphatic carbocycles. The molecule has 0 saturated carbocycles. The predicted octanol–water partition coefficient (Wildman–Crippen LogP) is 6.85. The van der Waals surface area contributed by atoms with Crippen molar-refractivity contribution in [2.45, 2.75) is 77.0 Å². The number of nitrogens with zero attached hydrogens (tertiary/aromatic N) is 4. The fourth-order valence-corrected chi connectivity index (χ4v) is 10.3. The molecule has 0 spiro atoms. The average molecular weight is 853 g/mol. The third kappa shape index (κ3) is 14.3. The Hall–Kier alpha value is -1.60. The molecule has 288 valence electrons. The number of hydrogen-bond acceptors (Lipinski definition) is 7. The van der Waals surface area contributed by atoms with E-state index in [9.17, 15) is 25.3 Å². The molecule has 3 rings (SSSR count). The van der Waals surface area contributed by atoms with Crippen LogP contribution in [-0.2, 0) is 52.3 Å². The molecule has 0 aliphatic rings. The summed E-state index contributed by atoms with van der Waals surface area (Å²) in [4.78, 5) is 2.23. The van der Waals surface area contributed by atoms with Crippen LogP contribution in [0.2, 0.25) is 0 Å². The van der Waals surface area contributed by atoms with E-state index in [2.05, 4.69) is 14.2 Å². The fourth-order valence-electron chi connectivity index (χ4n) is 6.16. The zero-order valence-corrected chi connectivity index (χ0v) is 35.5. The molecule has 3 aromatic carbocycles. The number of hydrogen-bond donors (Lipinski definition) is 0. The van der Waals surface area contributed by atoms with E-state index >= 15 is 0 Å². The molecule has 0 saturated heterocycles. The number of rotatable bonds is 15. The first-order valence-electron chi connectivity index (χ1n) is 15.6. The van der Waals surface area contributed by atoms with Crippen molar-refractivity contribution in [2.75, 3.05) is 44.6 Å². The summed E-state index contributed by atoms with van der Waals surface area (Å²) in [6.45, 7) is 16.1. The van der Waals surface area contributed by atoms with Gasteiger partial charge < -0.3 is 24.5 Å². The number of sulfonamides is 3. The van der Waals surface area contributed by atoms with Crippen molar-refractivity contribution >= 4 is 53.3 Å². The molecule has 0 aromatic heterocycles. The topological polar surface area (TPSA) is 181 Å². The van der Waals surface area contributed by atoms with Gasteiger partial charge in [0.2, 0.25) is 0 Å². The smallest absolute Gasteiger partial charge is 0.544 e. The summed E-state index contributed by atoms with van der Waals surface area (Å²) in [5.74, 6) is 0. The molecule has 0 amide bonds. The quantitative estimate of drug-likeness (QED) is 0.118. The van der Waals surface area contributed by atoms with Crippen molar-refractivity contribution in [1.82, 2.24) is 4.90 Å². The van der Waals surface area contributed by atoms with E-state index in [1.54, 1.807) is 82.8 Å². The van der Waals surface area contributed by atoms with Crippen molar-refractivity contribution in [3.8, 4) is 0 Å². The van der Waals surface area contributed by atoms with Crippen LogP contribution in [0.25, 0.3) is 14.2 Å². The zero-order chi connectivity index (χ0) is 37.3. The summed E-state index contributed by atoms with van der Waals surface area (Å²) < 4.78 is 91.1. The molecule has 0 heterocycles. The summed E-state index contributed by atoms with van der Waals surface area (Å²) in [6.07, 6.45) is 0. The second kappa shape index (κ2) is 21.3. The molecule has 51 heavy (non-hydrogen) atoms. The maximum atomic E-state index is 13.2. The SMILES string of the molecule is Cc1cc(C)c(S(=O)(=O)[N-]CCN(CC[N-]S(=O)(=O)c2c(C)cc(C)cc2C)CC[N-]S(=O)(=O)c2c(C)cc(C)cc2C)c(C)c1.ClCCl.[Co+3].[OH3+]. The average Bonchev–Trinajstić information content (AvgIpc) is 2.90. The van der Waals surface area contributed by atoms with Crippen LogP contribution in [-0.4, -0.2) is 74.8 Å². The number of aryl methyl sites for hydroxylation is 9. The van der Waals surface area contributed by atoms with Crippen LogP contribution < -0.4 is 0 Å². The van der Waals surface area contributed by atoms with Crippen molar-refractivity contribution in [1.29, 1.82) is 0 Å². The van der Waals surface area contributed by atoms with Crippen molar-refractivity contribution in [3.63, 3.8) is 0 Å². The van der Waals surface area contributed by atoms with E-state index in [1.807, 2.05) is 20.8 Å². The van der Waals surface area contributed by atoms with Gasteiger partial charge in [-0.3, -0.25) is 0 Å². The molecule has 0 bridgehead atoms.